The maximum Gasteiger partial charge on any atom is 0.419 e. The highest BCUT2D eigenvalue weighted by atomic mass is 35.5. The van der Waals surface area contributed by atoms with E-state index in [1.54, 1.807) is 0 Å². The first kappa shape index (κ1) is 22.3. The highest BCUT2D eigenvalue weighted by Gasteiger charge is 2.41. The zero-order valence-electron chi connectivity index (χ0n) is 17.3. The number of fused-ring (bicyclic) bond motifs is 1. The van der Waals surface area contributed by atoms with Gasteiger partial charge in [0, 0.05) is 29.7 Å². The fourth-order valence-electron chi connectivity index (χ4n) is 3.70. The van der Waals surface area contributed by atoms with Crippen LogP contribution in [0.5, 0.6) is 0 Å². The molecule has 1 aliphatic carbocycles. The second-order valence-corrected chi connectivity index (χ2v) is 8.63. The zero-order chi connectivity index (χ0) is 23.6. The average molecular weight is 471 g/mol. The number of rotatable bonds is 4. The normalized spacial score (nSPS) is 16.2. The van der Waals surface area contributed by atoms with E-state index in [0.717, 1.165) is 23.6 Å². The van der Waals surface area contributed by atoms with Gasteiger partial charge in [-0.15, -0.1) is 0 Å². The zero-order valence-corrected chi connectivity index (χ0v) is 18.1. The van der Waals surface area contributed by atoms with Crippen molar-refractivity contribution >= 4 is 28.2 Å². The van der Waals surface area contributed by atoms with Crippen LogP contribution >= 0.6 is 11.6 Å². The lowest BCUT2D eigenvalue weighted by atomic mass is 10.0. The minimum absolute atomic E-state index is 0.0612. The van der Waals surface area contributed by atoms with Crippen molar-refractivity contribution in [2.45, 2.75) is 44.4 Å². The molecule has 1 fully saturated rings. The third kappa shape index (κ3) is 3.56. The Kier molecular flexibility index (Phi) is 5.11. The lowest BCUT2D eigenvalue weighted by Gasteiger charge is -2.21. The molecule has 1 aliphatic rings. The van der Waals surface area contributed by atoms with Gasteiger partial charge in [-0.2, -0.15) is 18.3 Å². The third-order valence-electron chi connectivity index (χ3n) is 5.88. The molecule has 6 nitrogen and oxygen atoms in total. The van der Waals surface area contributed by atoms with Crippen molar-refractivity contribution in [3.63, 3.8) is 0 Å². The Hall–Kier alpha value is -2.88. The number of benzene rings is 1. The lowest BCUT2D eigenvalue weighted by Crippen LogP contribution is -2.31. The summed E-state index contributed by atoms with van der Waals surface area (Å²) in [6, 6.07) is 2.08. The van der Waals surface area contributed by atoms with E-state index in [4.69, 9.17) is 11.6 Å². The van der Waals surface area contributed by atoms with Crippen LogP contribution in [0.25, 0.3) is 10.8 Å². The van der Waals surface area contributed by atoms with Crippen molar-refractivity contribution in [1.29, 1.82) is 0 Å². The second-order valence-electron chi connectivity index (χ2n) is 8.25. The predicted octanol–water partition coefficient (Wildman–Crippen LogP) is 4.59. The molecule has 1 saturated carbocycles. The number of anilines is 1. The summed E-state index contributed by atoms with van der Waals surface area (Å²) in [6.45, 7) is 3.34. The van der Waals surface area contributed by atoms with Crippen LogP contribution in [0.3, 0.4) is 0 Å². The van der Waals surface area contributed by atoms with Crippen LogP contribution < -0.4 is 16.4 Å². The van der Waals surface area contributed by atoms with Gasteiger partial charge in [-0.25, -0.2) is 9.07 Å². The van der Waals surface area contributed by atoms with E-state index >= 15 is 0 Å². The molecule has 1 N–H and O–H groups in total. The maximum absolute atomic E-state index is 14.6. The Morgan fingerprint density at radius 1 is 1.22 bits per heavy atom. The minimum atomic E-state index is -4.84. The summed E-state index contributed by atoms with van der Waals surface area (Å²) >= 11 is 6.28. The van der Waals surface area contributed by atoms with Crippen molar-refractivity contribution in [2.24, 2.45) is 7.05 Å². The largest absolute Gasteiger partial charge is 0.419 e. The van der Waals surface area contributed by atoms with Gasteiger partial charge in [-0.3, -0.25) is 9.59 Å². The van der Waals surface area contributed by atoms with E-state index in [0.29, 0.717) is 6.07 Å². The Labute approximate surface area is 184 Å². The van der Waals surface area contributed by atoms with E-state index in [9.17, 15) is 27.2 Å². The molecule has 170 valence electrons. The molecule has 4 rings (SSSR count). The summed E-state index contributed by atoms with van der Waals surface area (Å²) in [5.41, 5.74) is -3.15. The average Bonchev–Trinajstić information content (AvgIpc) is 3.45. The molecule has 0 aliphatic heterocycles. The number of halogens is 5. The summed E-state index contributed by atoms with van der Waals surface area (Å²) < 4.78 is 56.4. The van der Waals surface area contributed by atoms with Crippen LogP contribution in [0.15, 0.2) is 34.0 Å². The summed E-state index contributed by atoms with van der Waals surface area (Å²) in [5, 5.41) is 6.94. The Bertz CT molecular complexity index is 1360. The number of aryl methyl sites for hydroxylation is 1. The third-order valence-corrected chi connectivity index (χ3v) is 6.23. The molecule has 0 amide bonds. The fourth-order valence-corrected chi connectivity index (χ4v) is 3.97. The highest BCUT2D eigenvalue weighted by molar-refractivity contribution is 6.35. The van der Waals surface area contributed by atoms with Crippen LogP contribution in [-0.4, -0.2) is 14.3 Å². The molecule has 1 aromatic carbocycles. The molecule has 0 saturated heterocycles. The Morgan fingerprint density at radius 3 is 2.47 bits per heavy atom. The van der Waals surface area contributed by atoms with Crippen molar-refractivity contribution in [2.75, 3.05) is 5.32 Å². The van der Waals surface area contributed by atoms with Crippen molar-refractivity contribution in [1.82, 2.24) is 14.3 Å². The van der Waals surface area contributed by atoms with Gasteiger partial charge in [-0.05, 0) is 32.8 Å². The SMILES string of the molecule is C[C@@H](Nc1nn(C)c(=O)c2c(Cl)c(=O)n(C3(C)CC3)cc12)c1cccc(C(F)(F)F)c1F. The summed E-state index contributed by atoms with van der Waals surface area (Å²) in [7, 11) is 1.35. The van der Waals surface area contributed by atoms with Gasteiger partial charge < -0.3 is 9.88 Å². The summed E-state index contributed by atoms with van der Waals surface area (Å²) in [4.78, 5) is 25.4. The highest BCUT2D eigenvalue weighted by Crippen LogP contribution is 2.43. The first-order valence-electron chi connectivity index (χ1n) is 9.80. The monoisotopic (exact) mass is 470 g/mol. The molecular weight excluding hydrogens is 452 g/mol. The predicted molar refractivity (Wildman–Crippen MR) is 113 cm³/mol. The maximum atomic E-state index is 14.6. The topological polar surface area (TPSA) is 68.9 Å². The van der Waals surface area contributed by atoms with Gasteiger partial charge in [0.15, 0.2) is 5.82 Å². The fraction of sp³-hybridized carbons (Fsp3) is 0.381. The van der Waals surface area contributed by atoms with Crippen LogP contribution in [0.2, 0.25) is 5.02 Å². The first-order valence-corrected chi connectivity index (χ1v) is 10.2. The molecule has 1 atom stereocenters. The second kappa shape index (κ2) is 7.33. The van der Waals surface area contributed by atoms with Crippen LogP contribution in [0.1, 0.15) is 43.9 Å². The molecule has 0 radical (unpaired) electrons. The van der Waals surface area contributed by atoms with Crippen LogP contribution in [-0.2, 0) is 18.8 Å². The number of pyridine rings is 1. The molecule has 0 unspecified atom stereocenters. The van der Waals surface area contributed by atoms with Crippen LogP contribution in [0, 0.1) is 5.82 Å². The number of hydrogen-bond acceptors (Lipinski definition) is 4. The molecule has 32 heavy (non-hydrogen) atoms. The Morgan fingerprint density at radius 2 is 1.88 bits per heavy atom. The first-order chi connectivity index (χ1) is 14.8. The molecule has 3 aromatic rings. The number of alkyl halides is 3. The quantitative estimate of drug-likeness (QED) is 0.566. The van der Waals surface area contributed by atoms with E-state index in [2.05, 4.69) is 10.4 Å². The summed E-state index contributed by atoms with van der Waals surface area (Å²) in [6.07, 6.45) is -1.86. The standard InChI is InChI=1S/C21H19ClF4N4O2/c1-10(11-5-4-6-13(16(11)23)21(24,25)26)27-17-12-9-30(20(2)7-8-20)19(32)15(22)14(12)18(31)29(3)28-17/h4-6,9-10H,7-8H2,1-3H3,(H,27,28)/t10-/m1/s1. The number of nitrogens with one attached hydrogen (secondary N) is 1. The molecule has 2 heterocycles. The van der Waals surface area contributed by atoms with Gasteiger partial charge in [0.05, 0.1) is 17.0 Å². The van der Waals surface area contributed by atoms with E-state index in [-0.39, 0.29) is 27.2 Å². The van der Waals surface area contributed by atoms with Crippen molar-refractivity contribution < 1.29 is 17.6 Å². The van der Waals surface area contributed by atoms with Gasteiger partial charge >= 0.3 is 6.18 Å². The minimum Gasteiger partial charge on any atom is -0.361 e. The van der Waals surface area contributed by atoms with E-state index in [1.165, 1.54) is 30.8 Å². The van der Waals surface area contributed by atoms with Gasteiger partial charge in [0.1, 0.15) is 10.8 Å². The molecule has 0 spiro atoms. The Balaban J connectivity index is 1.87. The van der Waals surface area contributed by atoms with E-state index < -0.39 is 40.3 Å². The molecule has 0 bridgehead atoms. The van der Waals surface area contributed by atoms with Gasteiger partial charge in [-0.1, -0.05) is 23.7 Å². The van der Waals surface area contributed by atoms with Crippen molar-refractivity contribution in [3.05, 3.63) is 67.1 Å². The number of hydrogen-bond donors (Lipinski definition) is 1. The number of aromatic nitrogens is 3. The van der Waals surface area contributed by atoms with Crippen LogP contribution in [0.4, 0.5) is 23.4 Å². The van der Waals surface area contributed by atoms with Gasteiger partial charge in [0.25, 0.3) is 11.1 Å². The van der Waals surface area contributed by atoms with E-state index in [1.807, 2.05) is 6.92 Å². The lowest BCUT2D eigenvalue weighted by molar-refractivity contribution is -0.140. The number of nitrogens with zero attached hydrogens (tertiary/aromatic N) is 3. The molecular formula is C21H19ClF4N4O2. The smallest absolute Gasteiger partial charge is 0.361 e. The summed E-state index contributed by atoms with van der Waals surface area (Å²) in [5.74, 6) is -1.30. The van der Waals surface area contributed by atoms with Crippen molar-refractivity contribution in [3.8, 4) is 0 Å². The van der Waals surface area contributed by atoms with Gasteiger partial charge in [0.2, 0.25) is 0 Å². The molecule has 11 heteroatoms. The molecule has 2 aromatic heterocycles.